The van der Waals surface area contributed by atoms with Gasteiger partial charge in [-0.05, 0) is 66.8 Å². The van der Waals surface area contributed by atoms with Crippen LogP contribution in [-0.2, 0) is 4.84 Å². The fraction of sp³-hybridized carbons (Fsp3) is 0.167. The molecule has 1 fully saturated rings. The predicted molar refractivity (Wildman–Crippen MR) is 107 cm³/mol. The van der Waals surface area contributed by atoms with Crippen LogP contribution >= 0.6 is 0 Å². The maximum absolute atomic E-state index is 13.4. The van der Waals surface area contributed by atoms with Crippen LogP contribution in [-0.4, -0.2) is 11.7 Å². The van der Waals surface area contributed by atoms with E-state index in [-0.39, 0.29) is 23.2 Å². The second-order valence-corrected chi connectivity index (χ2v) is 7.23. The molecule has 0 aromatic heterocycles. The van der Waals surface area contributed by atoms with Crippen molar-refractivity contribution in [2.24, 2.45) is 11.1 Å². The number of carbonyl (C=O) groups excluding carboxylic acids is 1. The Bertz CT molecular complexity index is 1040. The molecule has 5 heteroatoms. The first-order chi connectivity index (χ1) is 14.0. The van der Waals surface area contributed by atoms with E-state index in [0.29, 0.717) is 11.3 Å². The first-order valence-corrected chi connectivity index (χ1v) is 9.38. The predicted octanol–water partition coefficient (Wildman–Crippen LogP) is 5.64. The fourth-order valence-electron chi connectivity index (χ4n) is 3.36. The Morgan fingerprint density at radius 3 is 2.00 bits per heavy atom. The van der Waals surface area contributed by atoms with Gasteiger partial charge in [-0.15, -0.1) is 0 Å². The molecule has 3 aromatic rings. The molecule has 146 valence electrons. The number of halogens is 2. The lowest BCUT2D eigenvalue weighted by Gasteiger charge is -2.07. The van der Waals surface area contributed by atoms with Crippen LogP contribution in [0.4, 0.5) is 8.78 Å². The SMILES string of the molecule is Cc1ccc(C2CC2C(=NOC(=O)c2ccc(F)cc2)c2ccc(F)cc2)cc1. The fourth-order valence-corrected chi connectivity index (χ4v) is 3.36. The summed E-state index contributed by atoms with van der Waals surface area (Å²) in [5.74, 6) is -1.11. The summed E-state index contributed by atoms with van der Waals surface area (Å²) >= 11 is 0. The van der Waals surface area contributed by atoms with Crippen molar-refractivity contribution in [2.45, 2.75) is 19.3 Å². The quantitative estimate of drug-likeness (QED) is 0.321. The zero-order chi connectivity index (χ0) is 20.4. The minimum atomic E-state index is -0.669. The molecule has 2 atom stereocenters. The average Bonchev–Trinajstić information content (AvgIpc) is 3.51. The maximum atomic E-state index is 13.4. The number of carbonyl (C=O) groups is 1. The molecule has 0 N–H and O–H groups in total. The minimum absolute atomic E-state index is 0.0733. The summed E-state index contributed by atoms with van der Waals surface area (Å²) in [6, 6.07) is 19.3. The molecule has 2 unspecified atom stereocenters. The van der Waals surface area contributed by atoms with E-state index in [4.69, 9.17) is 4.84 Å². The third kappa shape index (κ3) is 4.40. The minimum Gasteiger partial charge on any atom is -0.313 e. The summed E-state index contributed by atoms with van der Waals surface area (Å²) in [6.07, 6.45) is 0.868. The van der Waals surface area contributed by atoms with Gasteiger partial charge in [-0.3, -0.25) is 0 Å². The Balaban J connectivity index is 1.58. The molecule has 0 spiro atoms. The van der Waals surface area contributed by atoms with Crippen LogP contribution in [0.3, 0.4) is 0 Å². The van der Waals surface area contributed by atoms with E-state index in [2.05, 4.69) is 29.4 Å². The molecule has 0 saturated heterocycles. The summed E-state index contributed by atoms with van der Waals surface area (Å²) in [7, 11) is 0. The second kappa shape index (κ2) is 7.95. The number of hydrogen-bond acceptors (Lipinski definition) is 3. The molecule has 0 amide bonds. The first-order valence-electron chi connectivity index (χ1n) is 9.38. The second-order valence-electron chi connectivity index (χ2n) is 7.23. The van der Waals surface area contributed by atoms with Crippen LogP contribution in [0.25, 0.3) is 0 Å². The van der Waals surface area contributed by atoms with Crippen LogP contribution in [0.2, 0.25) is 0 Å². The van der Waals surface area contributed by atoms with Gasteiger partial charge in [0.05, 0.1) is 11.3 Å². The van der Waals surface area contributed by atoms with Crippen LogP contribution < -0.4 is 0 Å². The summed E-state index contributed by atoms with van der Waals surface area (Å²) in [5.41, 5.74) is 3.90. The van der Waals surface area contributed by atoms with Crippen molar-refractivity contribution in [3.63, 3.8) is 0 Å². The van der Waals surface area contributed by atoms with E-state index in [0.717, 1.165) is 6.42 Å². The summed E-state index contributed by atoms with van der Waals surface area (Å²) < 4.78 is 26.4. The highest BCUT2D eigenvalue weighted by Crippen LogP contribution is 2.49. The third-order valence-electron chi connectivity index (χ3n) is 5.09. The number of nitrogens with zero attached hydrogens (tertiary/aromatic N) is 1. The Morgan fingerprint density at radius 1 is 0.862 bits per heavy atom. The van der Waals surface area contributed by atoms with Crippen LogP contribution in [0.1, 0.15) is 39.4 Å². The Kier molecular flexibility index (Phi) is 5.21. The van der Waals surface area contributed by atoms with Gasteiger partial charge in [-0.2, -0.15) is 0 Å². The van der Waals surface area contributed by atoms with E-state index in [9.17, 15) is 13.6 Å². The lowest BCUT2D eigenvalue weighted by Crippen LogP contribution is -2.09. The number of benzene rings is 3. The van der Waals surface area contributed by atoms with Crippen molar-refractivity contribution in [1.82, 2.24) is 0 Å². The molecular weight excluding hydrogens is 372 g/mol. The van der Waals surface area contributed by atoms with Gasteiger partial charge in [-0.1, -0.05) is 47.1 Å². The molecule has 1 aliphatic carbocycles. The molecule has 29 heavy (non-hydrogen) atoms. The van der Waals surface area contributed by atoms with Gasteiger partial charge < -0.3 is 4.84 Å². The lowest BCUT2D eigenvalue weighted by atomic mass is 10.0. The van der Waals surface area contributed by atoms with Crippen molar-refractivity contribution >= 4 is 11.7 Å². The van der Waals surface area contributed by atoms with Crippen LogP contribution in [0.5, 0.6) is 0 Å². The molecule has 3 nitrogen and oxygen atoms in total. The van der Waals surface area contributed by atoms with Gasteiger partial charge in [0.2, 0.25) is 0 Å². The number of rotatable bonds is 5. The van der Waals surface area contributed by atoms with Gasteiger partial charge in [0.25, 0.3) is 0 Å². The zero-order valence-corrected chi connectivity index (χ0v) is 15.8. The standard InChI is InChI=1S/C24H19F2NO2/c1-15-2-4-16(5-3-15)21-14-22(21)23(17-6-10-19(25)11-7-17)27-29-24(28)18-8-12-20(26)13-9-18/h2-13,21-22H,14H2,1H3. The summed E-state index contributed by atoms with van der Waals surface area (Å²) in [5, 5.41) is 4.13. The molecule has 4 rings (SSSR count). The van der Waals surface area contributed by atoms with E-state index >= 15 is 0 Å². The van der Waals surface area contributed by atoms with Gasteiger partial charge in [0.15, 0.2) is 0 Å². The smallest absolute Gasteiger partial charge is 0.313 e. The highest BCUT2D eigenvalue weighted by Gasteiger charge is 2.43. The molecule has 1 saturated carbocycles. The lowest BCUT2D eigenvalue weighted by molar-refractivity contribution is 0.0515. The summed E-state index contributed by atoms with van der Waals surface area (Å²) in [4.78, 5) is 17.4. The van der Waals surface area contributed by atoms with Gasteiger partial charge in [0, 0.05) is 5.92 Å². The molecule has 1 aliphatic rings. The molecule has 3 aromatic carbocycles. The van der Waals surface area contributed by atoms with Gasteiger partial charge in [0.1, 0.15) is 11.6 Å². The van der Waals surface area contributed by atoms with Crippen molar-refractivity contribution in [3.05, 3.63) is 107 Å². The molecule has 0 heterocycles. The van der Waals surface area contributed by atoms with E-state index < -0.39 is 11.8 Å². The van der Waals surface area contributed by atoms with Gasteiger partial charge >= 0.3 is 5.97 Å². The molecule has 0 aliphatic heterocycles. The van der Waals surface area contributed by atoms with Crippen molar-refractivity contribution < 1.29 is 18.4 Å². The molecule has 0 radical (unpaired) electrons. The highest BCUT2D eigenvalue weighted by molar-refractivity contribution is 6.04. The molecule has 0 bridgehead atoms. The largest absolute Gasteiger partial charge is 0.365 e. The van der Waals surface area contributed by atoms with E-state index in [1.165, 1.54) is 47.5 Å². The normalized spacial score (nSPS) is 18.4. The number of aryl methyl sites for hydroxylation is 1. The van der Waals surface area contributed by atoms with Crippen molar-refractivity contribution in [3.8, 4) is 0 Å². The first kappa shape index (κ1) is 19.0. The monoisotopic (exact) mass is 391 g/mol. The van der Waals surface area contributed by atoms with Crippen molar-refractivity contribution in [2.75, 3.05) is 0 Å². The number of hydrogen-bond donors (Lipinski definition) is 0. The third-order valence-corrected chi connectivity index (χ3v) is 5.09. The number of oxime groups is 1. The van der Waals surface area contributed by atoms with E-state index in [1.807, 2.05) is 6.92 Å². The topological polar surface area (TPSA) is 38.7 Å². The summed E-state index contributed by atoms with van der Waals surface area (Å²) in [6.45, 7) is 2.04. The Morgan fingerprint density at radius 2 is 1.41 bits per heavy atom. The van der Waals surface area contributed by atoms with Crippen molar-refractivity contribution in [1.29, 1.82) is 0 Å². The van der Waals surface area contributed by atoms with E-state index in [1.54, 1.807) is 12.1 Å². The van der Waals surface area contributed by atoms with Crippen LogP contribution in [0.15, 0.2) is 78.0 Å². The highest BCUT2D eigenvalue weighted by atomic mass is 19.1. The van der Waals surface area contributed by atoms with Gasteiger partial charge in [-0.25, -0.2) is 13.6 Å². The van der Waals surface area contributed by atoms with Crippen LogP contribution in [0, 0.1) is 24.5 Å². The Hall–Kier alpha value is -3.34. The molecular formula is C24H19F2NO2. The maximum Gasteiger partial charge on any atom is 0.365 e. The zero-order valence-electron chi connectivity index (χ0n) is 15.8. The Labute approximate surface area is 167 Å². The average molecular weight is 391 g/mol.